The molecular formula is C19H27N5O2. The second kappa shape index (κ2) is 8.60. The molecular weight excluding hydrogens is 330 g/mol. The van der Waals surface area contributed by atoms with E-state index in [1.807, 2.05) is 39.0 Å². The Kier molecular flexibility index (Phi) is 6.49. The van der Waals surface area contributed by atoms with Crippen LogP contribution in [0.25, 0.3) is 0 Å². The first kappa shape index (κ1) is 19.6. The van der Waals surface area contributed by atoms with Crippen LogP contribution in [0.4, 0.5) is 4.79 Å². The van der Waals surface area contributed by atoms with Crippen LogP contribution in [0, 0.1) is 20.8 Å². The van der Waals surface area contributed by atoms with Gasteiger partial charge in [0.1, 0.15) is 0 Å². The van der Waals surface area contributed by atoms with E-state index in [2.05, 4.69) is 15.3 Å². The Hall–Kier alpha value is -2.70. The first-order valence-electron chi connectivity index (χ1n) is 8.76. The number of hydrogen-bond donors (Lipinski definition) is 1. The Labute approximate surface area is 154 Å². The third-order valence-corrected chi connectivity index (χ3v) is 4.55. The molecule has 0 saturated carbocycles. The zero-order chi connectivity index (χ0) is 19.3. The van der Waals surface area contributed by atoms with Crippen molar-refractivity contribution in [2.75, 3.05) is 13.6 Å². The predicted octanol–water partition coefficient (Wildman–Crippen LogP) is 1.84. The summed E-state index contributed by atoms with van der Waals surface area (Å²) in [5.41, 5.74) is 3.36. The molecule has 2 heterocycles. The molecule has 0 aliphatic carbocycles. The molecule has 0 spiro atoms. The van der Waals surface area contributed by atoms with Gasteiger partial charge in [0.2, 0.25) is 0 Å². The third kappa shape index (κ3) is 4.91. The molecule has 2 aromatic rings. The SMILES string of the molecule is Cc1cc(C)n(CCNC(=O)N(C)C(C)Cc2ncccc2C)c(=O)n1. The van der Waals surface area contributed by atoms with Gasteiger partial charge >= 0.3 is 11.7 Å². The van der Waals surface area contributed by atoms with Crippen LogP contribution in [0.15, 0.2) is 29.2 Å². The molecule has 0 aliphatic heterocycles. The molecule has 1 unspecified atom stereocenters. The molecule has 0 bridgehead atoms. The lowest BCUT2D eigenvalue weighted by atomic mass is 10.1. The lowest BCUT2D eigenvalue weighted by molar-refractivity contribution is 0.193. The number of pyridine rings is 1. The van der Waals surface area contributed by atoms with Crippen molar-refractivity contribution in [3.05, 3.63) is 57.5 Å². The number of hydrogen-bond acceptors (Lipinski definition) is 4. The van der Waals surface area contributed by atoms with E-state index in [1.165, 1.54) is 0 Å². The first-order valence-corrected chi connectivity index (χ1v) is 8.76. The number of aromatic nitrogens is 3. The van der Waals surface area contributed by atoms with Crippen molar-refractivity contribution in [2.45, 2.75) is 46.7 Å². The van der Waals surface area contributed by atoms with Crippen LogP contribution in [-0.2, 0) is 13.0 Å². The van der Waals surface area contributed by atoms with Crippen LogP contribution in [-0.4, -0.2) is 45.1 Å². The molecule has 7 nitrogen and oxygen atoms in total. The highest BCUT2D eigenvalue weighted by Crippen LogP contribution is 2.09. The molecule has 1 N–H and O–H groups in total. The molecule has 0 fully saturated rings. The maximum Gasteiger partial charge on any atom is 0.348 e. The van der Waals surface area contributed by atoms with Gasteiger partial charge in [0.25, 0.3) is 0 Å². The molecule has 2 rings (SSSR count). The van der Waals surface area contributed by atoms with E-state index >= 15 is 0 Å². The number of amides is 2. The largest absolute Gasteiger partial charge is 0.348 e. The first-order chi connectivity index (χ1) is 12.3. The van der Waals surface area contributed by atoms with E-state index in [-0.39, 0.29) is 17.8 Å². The lowest BCUT2D eigenvalue weighted by Gasteiger charge is -2.25. The van der Waals surface area contributed by atoms with Crippen LogP contribution >= 0.6 is 0 Å². The molecule has 0 aromatic carbocycles. The molecule has 1 atom stereocenters. The molecule has 7 heteroatoms. The highest BCUT2D eigenvalue weighted by atomic mass is 16.2. The van der Waals surface area contributed by atoms with Gasteiger partial charge in [-0.25, -0.2) is 9.59 Å². The molecule has 0 saturated heterocycles. The Bertz CT molecular complexity index is 831. The van der Waals surface area contributed by atoms with Crippen molar-refractivity contribution in [1.82, 2.24) is 24.8 Å². The second-order valence-electron chi connectivity index (χ2n) is 6.64. The summed E-state index contributed by atoms with van der Waals surface area (Å²) in [6.07, 6.45) is 2.46. The zero-order valence-electron chi connectivity index (χ0n) is 16.1. The summed E-state index contributed by atoms with van der Waals surface area (Å²) >= 11 is 0. The van der Waals surface area contributed by atoms with E-state index in [0.29, 0.717) is 25.2 Å². The summed E-state index contributed by atoms with van der Waals surface area (Å²) in [5.74, 6) is 0. The number of aryl methyl sites for hydroxylation is 3. The van der Waals surface area contributed by atoms with Crippen molar-refractivity contribution < 1.29 is 4.79 Å². The highest BCUT2D eigenvalue weighted by Gasteiger charge is 2.17. The zero-order valence-corrected chi connectivity index (χ0v) is 16.1. The Balaban J connectivity index is 1.89. The van der Waals surface area contributed by atoms with Gasteiger partial charge in [-0.05, 0) is 45.4 Å². The van der Waals surface area contributed by atoms with Gasteiger partial charge in [-0.15, -0.1) is 0 Å². The maximum atomic E-state index is 12.4. The molecule has 0 aliphatic rings. The van der Waals surface area contributed by atoms with E-state index in [1.54, 1.807) is 29.6 Å². The predicted molar refractivity (Wildman–Crippen MR) is 101 cm³/mol. The summed E-state index contributed by atoms with van der Waals surface area (Å²) in [6.45, 7) is 8.42. The Morgan fingerprint density at radius 3 is 2.73 bits per heavy atom. The van der Waals surface area contributed by atoms with Crippen molar-refractivity contribution in [3.63, 3.8) is 0 Å². The van der Waals surface area contributed by atoms with Gasteiger partial charge in [-0.1, -0.05) is 6.07 Å². The average molecular weight is 357 g/mol. The molecule has 2 amide bonds. The summed E-state index contributed by atoms with van der Waals surface area (Å²) < 4.78 is 1.56. The third-order valence-electron chi connectivity index (χ3n) is 4.55. The summed E-state index contributed by atoms with van der Waals surface area (Å²) in [5, 5.41) is 2.86. The summed E-state index contributed by atoms with van der Waals surface area (Å²) in [7, 11) is 1.77. The minimum absolute atomic E-state index is 0.00843. The van der Waals surface area contributed by atoms with E-state index in [9.17, 15) is 9.59 Å². The highest BCUT2D eigenvalue weighted by molar-refractivity contribution is 5.74. The second-order valence-corrected chi connectivity index (χ2v) is 6.64. The van der Waals surface area contributed by atoms with Crippen LogP contribution in [0.2, 0.25) is 0 Å². The normalized spacial score (nSPS) is 11.9. The minimum Gasteiger partial charge on any atom is -0.336 e. The van der Waals surface area contributed by atoms with Crippen LogP contribution in [0.5, 0.6) is 0 Å². The minimum atomic E-state index is -0.288. The van der Waals surface area contributed by atoms with Gasteiger partial charge in [0.15, 0.2) is 0 Å². The van der Waals surface area contributed by atoms with Crippen LogP contribution in [0.1, 0.15) is 29.6 Å². The summed E-state index contributed by atoms with van der Waals surface area (Å²) in [4.78, 5) is 34.3. The topological polar surface area (TPSA) is 80.1 Å². The van der Waals surface area contributed by atoms with Crippen molar-refractivity contribution in [2.24, 2.45) is 0 Å². The van der Waals surface area contributed by atoms with Gasteiger partial charge < -0.3 is 10.2 Å². The fourth-order valence-electron chi connectivity index (χ4n) is 2.79. The smallest absolute Gasteiger partial charge is 0.336 e. The van der Waals surface area contributed by atoms with Gasteiger partial charge in [-0.2, -0.15) is 4.98 Å². The molecule has 140 valence electrons. The molecule has 0 radical (unpaired) electrons. The fourth-order valence-corrected chi connectivity index (χ4v) is 2.79. The van der Waals surface area contributed by atoms with Crippen molar-refractivity contribution in [3.8, 4) is 0 Å². The van der Waals surface area contributed by atoms with Gasteiger partial charge in [0.05, 0.1) is 0 Å². The number of carbonyl (C=O) groups is 1. The summed E-state index contributed by atoms with van der Waals surface area (Å²) in [6, 6.07) is 5.62. The van der Waals surface area contributed by atoms with Crippen molar-refractivity contribution >= 4 is 6.03 Å². The maximum absolute atomic E-state index is 12.4. The van der Waals surface area contributed by atoms with Crippen LogP contribution < -0.4 is 11.0 Å². The van der Waals surface area contributed by atoms with Crippen molar-refractivity contribution in [1.29, 1.82) is 0 Å². The van der Waals surface area contributed by atoms with E-state index < -0.39 is 0 Å². The van der Waals surface area contributed by atoms with Crippen LogP contribution in [0.3, 0.4) is 0 Å². The Morgan fingerprint density at radius 1 is 1.35 bits per heavy atom. The Morgan fingerprint density at radius 2 is 2.08 bits per heavy atom. The standard InChI is InChI=1S/C19H27N5O2/c1-13-7-6-8-20-17(13)12-15(3)23(5)18(25)21-9-10-24-16(4)11-14(2)22-19(24)26/h6-8,11,15H,9-10,12H2,1-5H3,(H,21,25). The number of nitrogens with zero attached hydrogens (tertiary/aromatic N) is 4. The number of nitrogens with one attached hydrogen (secondary N) is 1. The average Bonchev–Trinajstić information content (AvgIpc) is 2.58. The number of urea groups is 1. The monoisotopic (exact) mass is 357 g/mol. The van der Waals surface area contributed by atoms with E-state index in [4.69, 9.17) is 0 Å². The number of carbonyl (C=O) groups excluding carboxylic acids is 1. The molecule has 2 aromatic heterocycles. The number of likely N-dealkylation sites (N-methyl/N-ethyl adjacent to an activating group) is 1. The fraction of sp³-hybridized carbons (Fsp3) is 0.474. The van der Waals surface area contributed by atoms with E-state index in [0.717, 1.165) is 17.0 Å². The molecule has 26 heavy (non-hydrogen) atoms. The number of rotatable bonds is 6. The van der Waals surface area contributed by atoms with Gasteiger partial charge in [-0.3, -0.25) is 9.55 Å². The lowest BCUT2D eigenvalue weighted by Crippen LogP contribution is -2.44. The quantitative estimate of drug-likeness (QED) is 0.855. The van der Waals surface area contributed by atoms with Gasteiger partial charge in [0, 0.05) is 55.9 Å².